The monoisotopic (exact) mass is 615 g/mol. The van der Waals surface area contributed by atoms with Crippen LogP contribution in [-0.4, -0.2) is 83.0 Å². The largest absolute Gasteiger partial charge is 0.481 e. The number of carboxylic acids is 1. The maximum Gasteiger partial charge on any atom is 0.408 e. The number of nitrogens with zero attached hydrogens (tertiary/aromatic N) is 2. The zero-order chi connectivity index (χ0) is 31.2. The molecular weight excluding hydrogens is 578 g/mol. The molecule has 3 fully saturated rings. The number of nitrogens with one attached hydrogen (secondary N) is 1. The van der Waals surface area contributed by atoms with Crippen molar-refractivity contribution in [2.24, 2.45) is 21.9 Å². The highest BCUT2D eigenvalue weighted by atomic mass is 35.5. The molecule has 1 aliphatic carbocycles. The van der Waals surface area contributed by atoms with Crippen LogP contribution in [0.4, 0.5) is 4.79 Å². The summed E-state index contributed by atoms with van der Waals surface area (Å²) in [6.45, 7) is 9.95. The lowest BCUT2D eigenvalue weighted by Gasteiger charge is -2.35. The van der Waals surface area contributed by atoms with Crippen LogP contribution in [0.3, 0.4) is 0 Å². The molecule has 1 aromatic carbocycles. The Hall–Kier alpha value is -3.44. The summed E-state index contributed by atoms with van der Waals surface area (Å²) in [7, 11) is 0. The summed E-state index contributed by atoms with van der Waals surface area (Å²) in [5.41, 5.74) is -1.60. The highest BCUT2D eigenvalue weighted by Gasteiger charge is 2.62. The quantitative estimate of drug-likeness (QED) is 0.397. The number of alkyl carbamates (subject to hydrolysis) is 1. The zero-order valence-corrected chi connectivity index (χ0v) is 25.4. The van der Waals surface area contributed by atoms with Gasteiger partial charge in [0, 0.05) is 36.3 Å². The van der Waals surface area contributed by atoms with Crippen molar-refractivity contribution in [2.45, 2.75) is 76.7 Å². The summed E-state index contributed by atoms with van der Waals surface area (Å²) in [5, 5.41) is 17.5. The van der Waals surface area contributed by atoms with Gasteiger partial charge in [0.05, 0.1) is 36.9 Å². The minimum Gasteiger partial charge on any atom is -0.481 e. The van der Waals surface area contributed by atoms with Crippen LogP contribution >= 0.6 is 11.6 Å². The van der Waals surface area contributed by atoms with Crippen LogP contribution in [0.5, 0.6) is 0 Å². The second kappa shape index (κ2) is 11.6. The summed E-state index contributed by atoms with van der Waals surface area (Å²) >= 11 is 6.19. The Kier molecular flexibility index (Phi) is 8.34. The van der Waals surface area contributed by atoms with E-state index in [9.17, 15) is 24.3 Å². The SMILES string of the molecule is C=C[C@@H]1C[C@]1(CC(=O)[C@@H]1C[C@]2(CC(c3cccc(Cl)c3)=NO2)CN1C(=O)[C@@H](NC(=O)O[C@H]1CCOC1)C(C)(C)C)C(=O)O. The standard InChI is InChI=1S/C31H38ClN3O8/c1-5-19-12-31(19,27(38)39)15-24(36)23-14-30(13-22(34-43-30)18-7-6-8-20(32)11-18)17-35(23)26(37)25(29(2,3)4)33-28(40)42-21-9-10-41-16-21/h5-8,11,19,21,23,25H,1,9-10,12-17H2,2-4H3,(H,33,40)(H,38,39)/t19-,21+,23+,25-,30-,31-/m1/s1. The lowest BCUT2D eigenvalue weighted by Crippen LogP contribution is -2.57. The highest BCUT2D eigenvalue weighted by Crippen LogP contribution is 2.57. The number of carboxylic acid groups (broad SMARTS) is 1. The van der Waals surface area contributed by atoms with Crippen LogP contribution in [0.25, 0.3) is 0 Å². The number of Topliss-reactive ketones (excluding diaryl/α,β-unsaturated/α-hetero) is 1. The topological polar surface area (TPSA) is 144 Å². The first-order valence-electron chi connectivity index (χ1n) is 14.5. The molecule has 4 aliphatic rings. The van der Waals surface area contributed by atoms with E-state index in [-0.39, 0.29) is 37.7 Å². The predicted molar refractivity (Wildman–Crippen MR) is 157 cm³/mol. The number of ether oxygens (including phenoxy) is 2. The third-order valence-electron chi connectivity index (χ3n) is 8.92. The van der Waals surface area contributed by atoms with E-state index in [0.717, 1.165) is 5.56 Å². The molecule has 5 rings (SSSR count). The summed E-state index contributed by atoms with van der Waals surface area (Å²) in [6.07, 6.45) is 1.48. The van der Waals surface area contributed by atoms with Gasteiger partial charge in [-0.1, -0.05) is 55.7 Å². The number of allylic oxidation sites excluding steroid dienone is 1. The first-order valence-corrected chi connectivity index (χ1v) is 14.9. The van der Waals surface area contributed by atoms with Gasteiger partial charge in [-0.25, -0.2) is 4.79 Å². The van der Waals surface area contributed by atoms with Crippen LogP contribution in [0.15, 0.2) is 42.1 Å². The van der Waals surface area contributed by atoms with Gasteiger partial charge in [-0.15, -0.1) is 6.58 Å². The molecule has 0 bridgehead atoms. The van der Waals surface area contributed by atoms with E-state index in [4.69, 9.17) is 25.9 Å². The molecule has 232 valence electrons. The van der Waals surface area contributed by atoms with Gasteiger partial charge in [0.1, 0.15) is 12.1 Å². The lowest BCUT2D eigenvalue weighted by molar-refractivity contribution is -0.147. The number of benzene rings is 1. The first-order chi connectivity index (χ1) is 20.3. The number of amides is 2. The fraction of sp³-hybridized carbons (Fsp3) is 0.581. The Morgan fingerprint density at radius 2 is 2.07 bits per heavy atom. The molecule has 3 heterocycles. The van der Waals surface area contributed by atoms with Gasteiger partial charge in [-0.05, 0) is 29.9 Å². The van der Waals surface area contributed by atoms with E-state index in [1.807, 2.05) is 26.8 Å². The first kappa shape index (κ1) is 31.0. The molecule has 2 saturated heterocycles. The van der Waals surface area contributed by atoms with Gasteiger partial charge < -0.3 is 29.6 Å². The average Bonchev–Trinajstić information content (AvgIpc) is 3.30. The van der Waals surface area contributed by atoms with E-state index < -0.39 is 52.6 Å². The van der Waals surface area contributed by atoms with Gasteiger partial charge >= 0.3 is 12.1 Å². The minimum absolute atomic E-state index is 0.0283. The maximum absolute atomic E-state index is 14.3. The molecule has 11 nitrogen and oxygen atoms in total. The van der Waals surface area contributed by atoms with Gasteiger partial charge in [0.25, 0.3) is 0 Å². The summed E-state index contributed by atoms with van der Waals surface area (Å²) < 4.78 is 10.8. The number of rotatable bonds is 9. The molecule has 3 aliphatic heterocycles. The fourth-order valence-corrected chi connectivity index (χ4v) is 6.52. The average molecular weight is 616 g/mol. The van der Waals surface area contributed by atoms with E-state index in [1.54, 1.807) is 24.3 Å². The second-order valence-electron chi connectivity index (χ2n) is 13.2. The molecule has 2 amide bonds. The Balaban J connectivity index is 1.40. The summed E-state index contributed by atoms with van der Waals surface area (Å²) in [4.78, 5) is 60.7. The van der Waals surface area contributed by atoms with Crippen molar-refractivity contribution < 1.29 is 38.6 Å². The Morgan fingerprint density at radius 3 is 2.67 bits per heavy atom. The molecule has 6 atom stereocenters. The van der Waals surface area contributed by atoms with E-state index in [2.05, 4.69) is 17.1 Å². The number of likely N-dealkylation sites (tertiary alicyclic amines) is 1. The molecule has 1 aromatic rings. The van der Waals surface area contributed by atoms with Crippen LogP contribution in [0.2, 0.25) is 5.02 Å². The Morgan fingerprint density at radius 1 is 1.30 bits per heavy atom. The van der Waals surface area contributed by atoms with Crippen molar-refractivity contribution in [3.8, 4) is 0 Å². The normalized spacial score (nSPS) is 30.4. The van der Waals surface area contributed by atoms with Gasteiger partial charge in [0.2, 0.25) is 5.91 Å². The molecule has 1 spiro atoms. The number of aliphatic carboxylic acids is 1. The van der Waals surface area contributed by atoms with Crippen LogP contribution in [0, 0.1) is 16.7 Å². The number of hydrogen-bond donors (Lipinski definition) is 2. The van der Waals surface area contributed by atoms with Crippen molar-refractivity contribution in [1.82, 2.24) is 10.2 Å². The van der Waals surface area contributed by atoms with Crippen molar-refractivity contribution in [3.05, 3.63) is 47.5 Å². The maximum atomic E-state index is 14.3. The van der Waals surface area contributed by atoms with Crippen molar-refractivity contribution in [2.75, 3.05) is 19.8 Å². The number of ketones is 1. The van der Waals surface area contributed by atoms with Crippen LogP contribution < -0.4 is 5.32 Å². The van der Waals surface area contributed by atoms with E-state index in [1.165, 1.54) is 4.90 Å². The third-order valence-corrected chi connectivity index (χ3v) is 9.16. The number of oxime groups is 1. The number of halogens is 1. The van der Waals surface area contributed by atoms with E-state index in [0.29, 0.717) is 36.6 Å². The molecule has 0 aromatic heterocycles. The Labute approximate surface area is 255 Å². The smallest absolute Gasteiger partial charge is 0.408 e. The second-order valence-corrected chi connectivity index (χ2v) is 13.6. The molecule has 43 heavy (non-hydrogen) atoms. The fourth-order valence-electron chi connectivity index (χ4n) is 6.33. The lowest BCUT2D eigenvalue weighted by atomic mass is 9.85. The van der Waals surface area contributed by atoms with Crippen molar-refractivity contribution in [1.29, 1.82) is 0 Å². The molecule has 0 unspecified atom stereocenters. The zero-order valence-electron chi connectivity index (χ0n) is 24.6. The highest BCUT2D eigenvalue weighted by molar-refractivity contribution is 6.31. The molecule has 1 saturated carbocycles. The van der Waals surface area contributed by atoms with Gasteiger partial charge in [-0.2, -0.15) is 0 Å². The van der Waals surface area contributed by atoms with Crippen LogP contribution in [-0.2, 0) is 28.7 Å². The molecule has 12 heteroatoms. The number of hydrogen-bond acceptors (Lipinski definition) is 8. The number of carbonyl (C=O) groups excluding carboxylic acids is 3. The number of carbonyl (C=O) groups is 4. The van der Waals surface area contributed by atoms with Gasteiger partial charge in [-0.3, -0.25) is 14.4 Å². The van der Waals surface area contributed by atoms with Crippen molar-refractivity contribution in [3.63, 3.8) is 0 Å². The van der Waals surface area contributed by atoms with E-state index >= 15 is 0 Å². The summed E-state index contributed by atoms with van der Waals surface area (Å²) in [5.74, 6) is -2.25. The molecule has 2 N–H and O–H groups in total. The molecule has 0 radical (unpaired) electrons. The summed E-state index contributed by atoms with van der Waals surface area (Å²) in [6, 6.07) is 5.15. The predicted octanol–water partition coefficient (Wildman–Crippen LogP) is 3.97. The molecular formula is C31H38ClN3O8. The van der Waals surface area contributed by atoms with Crippen molar-refractivity contribution >= 4 is 41.1 Å². The van der Waals surface area contributed by atoms with Crippen LogP contribution in [0.1, 0.15) is 58.4 Å². The Bertz CT molecular complexity index is 1350. The van der Waals surface area contributed by atoms with Gasteiger partial charge in [0.15, 0.2) is 11.4 Å². The third kappa shape index (κ3) is 6.28. The minimum atomic E-state index is -1.24.